The molecule has 0 aliphatic rings. The zero-order chi connectivity index (χ0) is 38.3. The van der Waals surface area contributed by atoms with Gasteiger partial charge in [-0.1, -0.05) is 146 Å². The molecule has 1 heteroatoms. The minimum atomic E-state index is 1.17. The number of benzene rings is 13. The summed E-state index contributed by atoms with van der Waals surface area (Å²) in [5.41, 5.74) is 11.1. The second-order valence-electron chi connectivity index (χ2n) is 16.4. The average Bonchev–Trinajstić information content (AvgIpc) is 3.64. The monoisotopic (exact) mass is 743 g/mol. The van der Waals surface area contributed by atoms with E-state index < -0.39 is 0 Å². The van der Waals surface area contributed by atoms with Crippen LogP contribution in [0.4, 0.5) is 0 Å². The van der Waals surface area contributed by atoms with E-state index in [4.69, 9.17) is 0 Å². The summed E-state index contributed by atoms with van der Waals surface area (Å²) < 4.78 is 2.45. The highest BCUT2D eigenvalue weighted by molar-refractivity contribution is 6.30. The first-order valence-corrected chi connectivity index (χ1v) is 20.6. The summed E-state index contributed by atoms with van der Waals surface area (Å²) in [6.07, 6.45) is 0. The van der Waals surface area contributed by atoms with Crippen molar-refractivity contribution in [1.82, 2.24) is 4.57 Å². The van der Waals surface area contributed by atoms with Gasteiger partial charge in [0.05, 0.1) is 11.0 Å². The van der Waals surface area contributed by atoms with E-state index in [0.717, 1.165) is 0 Å². The van der Waals surface area contributed by atoms with Gasteiger partial charge in [0, 0.05) is 16.5 Å². The molecule has 0 bridgehead atoms. The molecule has 0 radical (unpaired) electrons. The molecule has 0 saturated heterocycles. The third-order valence-corrected chi connectivity index (χ3v) is 13.4. The highest BCUT2D eigenvalue weighted by Crippen LogP contribution is 2.48. The molecular formula is C58H33N. The van der Waals surface area contributed by atoms with Crippen LogP contribution in [0, 0.1) is 0 Å². The summed E-state index contributed by atoms with van der Waals surface area (Å²) >= 11 is 0. The second kappa shape index (κ2) is 11.4. The molecule has 0 aliphatic heterocycles. The summed E-state index contributed by atoms with van der Waals surface area (Å²) in [7, 11) is 0. The number of hydrogen-bond donors (Lipinski definition) is 0. The van der Waals surface area contributed by atoms with Crippen molar-refractivity contribution in [3.05, 3.63) is 200 Å². The average molecular weight is 744 g/mol. The first kappa shape index (κ1) is 31.4. The number of para-hydroxylation sites is 1. The number of nitrogens with zero attached hydrogens (tertiary/aromatic N) is 1. The molecule has 0 fully saturated rings. The molecule has 13 aromatic carbocycles. The van der Waals surface area contributed by atoms with Crippen LogP contribution < -0.4 is 0 Å². The Morgan fingerprint density at radius 2 is 0.712 bits per heavy atom. The molecule has 1 heterocycles. The normalized spacial score (nSPS) is 12.4. The van der Waals surface area contributed by atoms with Crippen LogP contribution in [0.25, 0.3) is 136 Å². The first-order valence-electron chi connectivity index (χ1n) is 20.6. The molecule has 0 saturated carbocycles. The fourth-order valence-corrected chi connectivity index (χ4v) is 10.8. The van der Waals surface area contributed by atoms with E-state index in [1.165, 1.54) is 136 Å². The number of rotatable bonds is 4. The van der Waals surface area contributed by atoms with Crippen LogP contribution >= 0.6 is 0 Å². The van der Waals surface area contributed by atoms with Gasteiger partial charge in [0.25, 0.3) is 0 Å². The minimum absolute atomic E-state index is 1.17. The van der Waals surface area contributed by atoms with Gasteiger partial charge >= 0.3 is 0 Å². The molecule has 0 N–H and O–H groups in total. The van der Waals surface area contributed by atoms with E-state index in [9.17, 15) is 0 Å². The summed E-state index contributed by atoms with van der Waals surface area (Å²) in [4.78, 5) is 0. The second-order valence-corrected chi connectivity index (χ2v) is 16.4. The molecule has 0 atom stereocenters. The standard InChI is InChI=1S/C58H33N/c1-2-11-46(12-3-1)59-51-14-6-13-48-49(35-17-15-34(16-18-35)44-29-40-23-19-36-7-4-8-37-20-24-41(30-44)55(40)53(36)37)33-50-47(27-28-52(59)58(50)57(48)51)45-31-42-25-21-38-9-5-10-39-22-26-43(32-45)56(42)54(38)39/h1-33H. The number of aromatic nitrogens is 1. The Kier molecular flexibility index (Phi) is 6.08. The fourth-order valence-electron chi connectivity index (χ4n) is 10.8. The highest BCUT2D eigenvalue weighted by Gasteiger charge is 2.22. The van der Waals surface area contributed by atoms with Gasteiger partial charge in [0.15, 0.2) is 0 Å². The quantitative estimate of drug-likeness (QED) is 0.158. The Balaban J connectivity index is 0.994. The lowest BCUT2D eigenvalue weighted by molar-refractivity contribution is 1.18. The van der Waals surface area contributed by atoms with Crippen molar-refractivity contribution in [3.63, 3.8) is 0 Å². The van der Waals surface area contributed by atoms with Crippen LogP contribution in [0.1, 0.15) is 0 Å². The van der Waals surface area contributed by atoms with E-state index >= 15 is 0 Å². The van der Waals surface area contributed by atoms with Crippen LogP contribution in [-0.4, -0.2) is 4.57 Å². The summed E-state index contributed by atoms with van der Waals surface area (Å²) in [6.45, 7) is 0. The van der Waals surface area contributed by atoms with Crippen LogP contribution in [0.3, 0.4) is 0 Å². The third kappa shape index (κ3) is 4.29. The molecule has 270 valence electrons. The maximum absolute atomic E-state index is 2.47. The first-order chi connectivity index (χ1) is 29.2. The van der Waals surface area contributed by atoms with Gasteiger partial charge in [0.1, 0.15) is 0 Å². The van der Waals surface area contributed by atoms with Crippen LogP contribution in [0.15, 0.2) is 200 Å². The lowest BCUT2D eigenvalue weighted by Gasteiger charge is -2.16. The summed E-state index contributed by atoms with van der Waals surface area (Å²) in [6, 6.07) is 75.2. The molecular weight excluding hydrogens is 711 g/mol. The predicted molar refractivity (Wildman–Crippen MR) is 253 cm³/mol. The Morgan fingerprint density at radius 3 is 1.31 bits per heavy atom. The molecule has 0 unspecified atom stereocenters. The molecule has 14 rings (SSSR count). The maximum Gasteiger partial charge on any atom is 0.0547 e. The fraction of sp³-hybridized carbons (Fsp3) is 0. The van der Waals surface area contributed by atoms with Crippen molar-refractivity contribution >= 4 is 97.2 Å². The zero-order valence-electron chi connectivity index (χ0n) is 32.0. The Morgan fingerprint density at radius 1 is 0.237 bits per heavy atom. The molecule has 14 aromatic rings. The Labute approximate surface area is 339 Å². The van der Waals surface area contributed by atoms with Gasteiger partial charge < -0.3 is 4.57 Å². The van der Waals surface area contributed by atoms with Gasteiger partial charge in [-0.2, -0.15) is 0 Å². The lowest BCUT2D eigenvalue weighted by Crippen LogP contribution is -1.93. The lowest BCUT2D eigenvalue weighted by atomic mass is 9.87. The minimum Gasteiger partial charge on any atom is -0.309 e. The molecule has 0 spiro atoms. The van der Waals surface area contributed by atoms with E-state index in [0.29, 0.717) is 0 Å². The summed E-state index contributed by atoms with van der Waals surface area (Å²) in [5.74, 6) is 0. The largest absolute Gasteiger partial charge is 0.309 e. The van der Waals surface area contributed by atoms with Crippen molar-refractivity contribution in [1.29, 1.82) is 0 Å². The van der Waals surface area contributed by atoms with Crippen molar-refractivity contribution in [2.24, 2.45) is 0 Å². The van der Waals surface area contributed by atoms with Crippen LogP contribution in [0.5, 0.6) is 0 Å². The van der Waals surface area contributed by atoms with Gasteiger partial charge in [-0.05, 0) is 163 Å². The molecule has 1 nitrogen and oxygen atoms in total. The van der Waals surface area contributed by atoms with Gasteiger partial charge in [-0.3, -0.25) is 0 Å². The third-order valence-electron chi connectivity index (χ3n) is 13.4. The topological polar surface area (TPSA) is 4.93 Å². The van der Waals surface area contributed by atoms with E-state index in [1.807, 2.05) is 0 Å². The van der Waals surface area contributed by atoms with Gasteiger partial charge in [0.2, 0.25) is 0 Å². The van der Waals surface area contributed by atoms with Crippen molar-refractivity contribution < 1.29 is 0 Å². The molecule has 1 aromatic heterocycles. The van der Waals surface area contributed by atoms with Gasteiger partial charge in [-0.25, -0.2) is 0 Å². The molecule has 0 amide bonds. The Hall–Kier alpha value is -7.74. The summed E-state index contributed by atoms with van der Waals surface area (Å²) in [5, 5.41) is 20.9. The van der Waals surface area contributed by atoms with Crippen LogP contribution in [-0.2, 0) is 0 Å². The van der Waals surface area contributed by atoms with Crippen molar-refractivity contribution in [3.8, 4) is 39.1 Å². The smallest absolute Gasteiger partial charge is 0.0547 e. The number of hydrogen-bond acceptors (Lipinski definition) is 0. The molecule has 0 aliphatic carbocycles. The van der Waals surface area contributed by atoms with E-state index in [2.05, 4.69) is 205 Å². The van der Waals surface area contributed by atoms with Crippen molar-refractivity contribution in [2.45, 2.75) is 0 Å². The Bertz CT molecular complexity index is 3850. The van der Waals surface area contributed by atoms with Gasteiger partial charge in [-0.15, -0.1) is 0 Å². The van der Waals surface area contributed by atoms with E-state index in [-0.39, 0.29) is 0 Å². The molecule has 59 heavy (non-hydrogen) atoms. The zero-order valence-corrected chi connectivity index (χ0v) is 32.0. The predicted octanol–water partition coefficient (Wildman–Crippen LogP) is 16.2. The highest BCUT2D eigenvalue weighted by atomic mass is 15.0. The van der Waals surface area contributed by atoms with E-state index in [1.54, 1.807) is 0 Å². The van der Waals surface area contributed by atoms with Crippen LogP contribution in [0.2, 0.25) is 0 Å². The maximum atomic E-state index is 2.47. The van der Waals surface area contributed by atoms with Crippen molar-refractivity contribution in [2.75, 3.05) is 0 Å². The SMILES string of the molecule is c1ccc(-n2c3cccc4c(-c5ccc(-c6cc7ccc8cccc9ccc(c6)c7c89)cc5)cc5c(-c6cc7ccc8cccc9ccc(c6)c7c89)ccc2c5c43)cc1.